The molecule has 2 atom stereocenters. The quantitative estimate of drug-likeness (QED) is 0.0633. The average molecular weight is 794 g/mol. The molecule has 0 spiro atoms. The third-order valence-corrected chi connectivity index (χ3v) is 15.3. The number of hydrogen-bond acceptors (Lipinski definition) is 5. The second-order valence-corrected chi connectivity index (χ2v) is 19.5. The van der Waals surface area contributed by atoms with Crippen LogP contribution in [0.1, 0.15) is 57.0 Å². The first-order valence-electron chi connectivity index (χ1n) is 18.8. The molecule has 5 aromatic rings. The van der Waals surface area contributed by atoms with Crippen LogP contribution in [-0.2, 0) is 15.6 Å². The van der Waals surface area contributed by atoms with Gasteiger partial charge in [0.1, 0.15) is 19.0 Å². The molecular weight excluding hydrogens is 746 g/mol. The number of fused-ring (bicyclic) bond motifs is 3. The van der Waals surface area contributed by atoms with Crippen molar-refractivity contribution >= 4 is 35.7 Å². The SMILES string of the molecule is C[C@@H]1Cc2c([nH]c3ccccc23)[C@@H](c2c(F)ccc(OCCOC(=O)NCCCF)c2F)N1CC(F)(F)CO[Si](c1ccccc1)(c1ccccc1)C(C)(C)C. The predicted molar refractivity (Wildman–Crippen MR) is 210 cm³/mol. The minimum absolute atomic E-state index is 0.0861. The molecule has 0 unspecified atom stereocenters. The Morgan fingerprint density at radius 1 is 0.911 bits per heavy atom. The summed E-state index contributed by atoms with van der Waals surface area (Å²) in [5.74, 6) is -5.79. The minimum atomic E-state index is -3.47. The molecule has 7 nitrogen and oxygen atoms in total. The lowest BCUT2D eigenvalue weighted by molar-refractivity contribution is -0.0825. The Morgan fingerprint density at radius 3 is 2.20 bits per heavy atom. The molecule has 0 saturated heterocycles. The number of alkyl carbamates (subject to hydrolysis) is 1. The first-order valence-corrected chi connectivity index (χ1v) is 20.7. The van der Waals surface area contributed by atoms with Crippen LogP contribution >= 0.6 is 0 Å². The van der Waals surface area contributed by atoms with Crippen LogP contribution in [0.15, 0.2) is 97.1 Å². The van der Waals surface area contributed by atoms with E-state index in [1.54, 1.807) is 6.92 Å². The van der Waals surface area contributed by atoms with Crippen molar-refractivity contribution in [1.82, 2.24) is 15.2 Å². The molecule has 56 heavy (non-hydrogen) atoms. The van der Waals surface area contributed by atoms with E-state index in [4.69, 9.17) is 13.9 Å². The zero-order valence-electron chi connectivity index (χ0n) is 32.0. The van der Waals surface area contributed by atoms with Crippen molar-refractivity contribution < 1.29 is 40.6 Å². The van der Waals surface area contributed by atoms with Gasteiger partial charge in [-0.3, -0.25) is 9.29 Å². The number of halogens is 5. The number of alkyl halides is 3. The third-order valence-electron chi connectivity index (χ3n) is 10.4. The van der Waals surface area contributed by atoms with E-state index in [0.717, 1.165) is 33.5 Å². The number of carbonyl (C=O) groups is 1. The summed E-state index contributed by atoms with van der Waals surface area (Å²) >= 11 is 0. The van der Waals surface area contributed by atoms with Gasteiger partial charge in [-0.2, -0.15) is 0 Å². The maximum Gasteiger partial charge on any atom is 0.407 e. The Bertz CT molecular complexity index is 2050. The third kappa shape index (κ3) is 8.49. The Kier molecular flexibility index (Phi) is 12.6. The highest BCUT2D eigenvalue weighted by molar-refractivity contribution is 6.99. The summed E-state index contributed by atoms with van der Waals surface area (Å²) in [6, 6.07) is 26.7. The van der Waals surface area contributed by atoms with Crippen LogP contribution in [-0.4, -0.2) is 75.8 Å². The molecule has 1 aromatic heterocycles. The highest BCUT2D eigenvalue weighted by Gasteiger charge is 2.52. The van der Waals surface area contributed by atoms with Gasteiger partial charge in [0.25, 0.3) is 14.2 Å². The monoisotopic (exact) mass is 793 g/mol. The molecule has 1 aliphatic heterocycles. The van der Waals surface area contributed by atoms with Gasteiger partial charge in [0.2, 0.25) is 0 Å². The van der Waals surface area contributed by atoms with E-state index in [1.807, 2.05) is 106 Å². The first kappa shape index (κ1) is 40.9. The van der Waals surface area contributed by atoms with Gasteiger partial charge >= 0.3 is 6.09 Å². The summed E-state index contributed by atoms with van der Waals surface area (Å²) < 4.78 is 96.0. The summed E-state index contributed by atoms with van der Waals surface area (Å²) in [6.45, 7) is 4.96. The number of nitrogens with zero attached hydrogens (tertiary/aromatic N) is 1. The van der Waals surface area contributed by atoms with Crippen molar-refractivity contribution in [1.29, 1.82) is 0 Å². The number of rotatable bonds is 15. The molecule has 2 heterocycles. The number of para-hydroxylation sites is 1. The molecule has 298 valence electrons. The summed E-state index contributed by atoms with van der Waals surface area (Å²) in [6.07, 6.45) is -0.310. The van der Waals surface area contributed by atoms with Gasteiger partial charge in [0, 0.05) is 29.2 Å². The highest BCUT2D eigenvalue weighted by atomic mass is 28.4. The zero-order chi connectivity index (χ0) is 40.1. The number of amides is 1. The van der Waals surface area contributed by atoms with Crippen molar-refractivity contribution in [3.8, 4) is 5.75 Å². The van der Waals surface area contributed by atoms with E-state index >= 15 is 17.6 Å². The Morgan fingerprint density at radius 2 is 1.55 bits per heavy atom. The molecule has 6 rings (SSSR count). The van der Waals surface area contributed by atoms with Crippen LogP contribution in [0.4, 0.5) is 26.7 Å². The van der Waals surface area contributed by atoms with Crippen molar-refractivity contribution in [2.24, 2.45) is 0 Å². The number of nitrogens with one attached hydrogen (secondary N) is 2. The first-order chi connectivity index (χ1) is 26.8. The summed E-state index contributed by atoms with van der Waals surface area (Å²) in [5, 5.41) is 4.38. The fraction of sp³-hybridized carbons (Fsp3) is 0.372. The van der Waals surface area contributed by atoms with Crippen LogP contribution in [0.3, 0.4) is 0 Å². The van der Waals surface area contributed by atoms with Crippen LogP contribution in [0.5, 0.6) is 5.75 Å². The number of benzene rings is 4. The Hall–Kier alpha value is -4.72. The average Bonchev–Trinajstić information content (AvgIpc) is 3.53. The number of ether oxygens (including phenoxy) is 2. The van der Waals surface area contributed by atoms with E-state index in [-0.39, 0.29) is 31.9 Å². The second kappa shape index (κ2) is 17.2. The maximum absolute atomic E-state index is 16.8. The van der Waals surface area contributed by atoms with E-state index in [0.29, 0.717) is 17.6 Å². The molecule has 0 saturated carbocycles. The highest BCUT2D eigenvalue weighted by Crippen LogP contribution is 2.45. The molecule has 1 aliphatic rings. The van der Waals surface area contributed by atoms with Crippen molar-refractivity contribution in [2.45, 2.75) is 63.6 Å². The van der Waals surface area contributed by atoms with Gasteiger partial charge < -0.3 is 24.2 Å². The molecule has 13 heteroatoms. The number of H-pyrrole nitrogens is 1. The molecule has 4 aromatic carbocycles. The summed E-state index contributed by atoms with van der Waals surface area (Å²) in [5.41, 5.74) is 1.47. The van der Waals surface area contributed by atoms with E-state index in [9.17, 15) is 9.18 Å². The van der Waals surface area contributed by atoms with Crippen LogP contribution in [0, 0.1) is 11.6 Å². The lowest BCUT2D eigenvalue weighted by Crippen LogP contribution is -2.67. The van der Waals surface area contributed by atoms with Gasteiger partial charge in [-0.25, -0.2) is 22.4 Å². The number of hydrogen-bond donors (Lipinski definition) is 2. The van der Waals surface area contributed by atoms with Crippen LogP contribution in [0.25, 0.3) is 10.9 Å². The second-order valence-electron chi connectivity index (χ2n) is 15.2. The minimum Gasteiger partial charge on any atom is -0.487 e. The van der Waals surface area contributed by atoms with E-state index in [2.05, 4.69) is 10.3 Å². The summed E-state index contributed by atoms with van der Waals surface area (Å²) in [4.78, 5) is 16.6. The molecule has 0 fully saturated rings. The fourth-order valence-electron chi connectivity index (χ4n) is 7.86. The van der Waals surface area contributed by atoms with Gasteiger partial charge in [0.05, 0.1) is 31.4 Å². The largest absolute Gasteiger partial charge is 0.487 e. The lowest BCUT2D eigenvalue weighted by Gasteiger charge is -2.45. The van der Waals surface area contributed by atoms with Crippen LogP contribution < -0.4 is 20.4 Å². The van der Waals surface area contributed by atoms with Gasteiger partial charge in [-0.15, -0.1) is 0 Å². The van der Waals surface area contributed by atoms with Gasteiger partial charge in [0.15, 0.2) is 11.6 Å². The Labute approximate surface area is 325 Å². The fourth-order valence-corrected chi connectivity index (χ4v) is 12.4. The number of carbonyl (C=O) groups excluding carboxylic acids is 1. The standard InChI is InChI=1S/C43H48F5N3O4Si/c1-29-26-33-32-18-11-12-19-35(32)50-39(33)40(37-34(45)20-21-36(38(37)46)53-24-25-54-41(52)49-23-13-22-44)51(29)27-43(47,48)28-55-56(42(2,3)4,30-14-7-5-8-15-30)31-16-9-6-10-17-31/h5-12,14-21,29,40,50H,13,22-28H2,1-4H3,(H,49,52)/t29-,40-/m1/s1. The molecule has 2 N–H and O–H groups in total. The lowest BCUT2D eigenvalue weighted by atomic mass is 9.87. The molecule has 0 radical (unpaired) electrons. The van der Waals surface area contributed by atoms with Crippen LogP contribution in [0.2, 0.25) is 5.04 Å². The predicted octanol–water partition coefficient (Wildman–Crippen LogP) is 8.46. The van der Waals surface area contributed by atoms with Crippen molar-refractivity contribution in [3.05, 3.63) is 126 Å². The van der Waals surface area contributed by atoms with E-state index < -0.39 is 74.5 Å². The van der Waals surface area contributed by atoms with Gasteiger partial charge in [-0.1, -0.05) is 99.6 Å². The molecule has 1 amide bonds. The Balaban J connectivity index is 1.34. The van der Waals surface area contributed by atoms with Gasteiger partial charge in [-0.05, 0) is 58.9 Å². The number of aromatic amines is 1. The molecule has 0 aliphatic carbocycles. The normalized spacial score (nSPS) is 16.4. The molecular formula is C43H48F5N3O4Si. The smallest absolute Gasteiger partial charge is 0.407 e. The van der Waals surface area contributed by atoms with Crippen molar-refractivity contribution in [2.75, 3.05) is 39.6 Å². The number of aromatic nitrogens is 1. The summed E-state index contributed by atoms with van der Waals surface area (Å²) in [7, 11) is -3.35. The zero-order valence-corrected chi connectivity index (χ0v) is 33.0. The van der Waals surface area contributed by atoms with E-state index in [1.165, 1.54) is 4.90 Å². The topological polar surface area (TPSA) is 75.8 Å². The van der Waals surface area contributed by atoms with Crippen molar-refractivity contribution in [3.63, 3.8) is 0 Å². The molecule has 0 bridgehead atoms. The maximum atomic E-state index is 16.8.